The van der Waals surface area contributed by atoms with Crippen LogP contribution in [0, 0.1) is 0 Å². The Morgan fingerprint density at radius 1 is 0.957 bits per heavy atom. The molecular weight excluding hydrogens is 307 g/mol. The molecule has 0 saturated carbocycles. The topological polar surface area (TPSA) is 43.1 Å². The first-order valence-corrected chi connectivity index (χ1v) is 6.77. The van der Waals surface area contributed by atoms with Gasteiger partial charge in [0.05, 0.1) is 21.9 Å². The van der Waals surface area contributed by atoms with Crippen LogP contribution in [-0.2, 0) is 6.18 Å². The minimum atomic E-state index is -4.45. The second kappa shape index (κ2) is 4.55. The maximum atomic E-state index is 12.8. The molecule has 2 aromatic heterocycles. The van der Waals surface area contributed by atoms with Crippen molar-refractivity contribution < 1.29 is 17.6 Å². The van der Waals surface area contributed by atoms with Gasteiger partial charge in [0.15, 0.2) is 0 Å². The minimum Gasteiger partial charge on any atom is -0.455 e. The third-order valence-electron chi connectivity index (χ3n) is 3.74. The maximum absolute atomic E-state index is 12.8. The summed E-state index contributed by atoms with van der Waals surface area (Å²) in [7, 11) is 0. The number of para-hydroxylation sites is 1. The molecule has 0 atom stereocenters. The van der Waals surface area contributed by atoms with E-state index in [1.54, 1.807) is 24.3 Å². The summed E-state index contributed by atoms with van der Waals surface area (Å²) in [6.07, 6.45) is -3.19. The van der Waals surface area contributed by atoms with Crippen molar-refractivity contribution in [2.75, 3.05) is 0 Å². The van der Waals surface area contributed by atoms with Crippen LogP contribution in [0.2, 0.25) is 0 Å². The van der Waals surface area contributed by atoms with Crippen LogP contribution in [0.15, 0.2) is 57.9 Å². The van der Waals surface area contributed by atoms with E-state index in [0.717, 1.165) is 12.1 Å². The number of rotatable bonds is 0. The minimum absolute atomic E-state index is 0.130. The van der Waals surface area contributed by atoms with Crippen molar-refractivity contribution >= 4 is 32.8 Å². The predicted molar refractivity (Wildman–Crippen MR) is 80.3 cm³/mol. The van der Waals surface area contributed by atoms with Crippen molar-refractivity contribution in [1.82, 2.24) is 4.98 Å². The summed E-state index contributed by atoms with van der Waals surface area (Å²) < 4.78 is 44.1. The standard InChI is InChI=1S/C17H8F3NO2/c18-17(19,20)9-5-6-10-13(7-9)21-8-12-15(22)11-3-1-2-4-14(11)23-16(10)12/h1-8H. The van der Waals surface area contributed by atoms with Gasteiger partial charge in [-0.3, -0.25) is 9.78 Å². The van der Waals surface area contributed by atoms with E-state index in [1.165, 1.54) is 12.3 Å². The van der Waals surface area contributed by atoms with Gasteiger partial charge in [0.2, 0.25) is 5.43 Å². The Balaban J connectivity index is 2.14. The van der Waals surface area contributed by atoms with Gasteiger partial charge < -0.3 is 4.42 Å². The Kier molecular flexibility index (Phi) is 2.72. The van der Waals surface area contributed by atoms with Crippen LogP contribution in [0.3, 0.4) is 0 Å². The molecule has 114 valence electrons. The van der Waals surface area contributed by atoms with Crippen molar-refractivity contribution in [3.8, 4) is 0 Å². The van der Waals surface area contributed by atoms with E-state index in [1.807, 2.05) is 0 Å². The van der Waals surface area contributed by atoms with Gasteiger partial charge in [-0.1, -0.05) is 12.1 Å². The highest BCUT2D eigenvalue weighted by molar-refractivity contribution is 6.04. The van der Waals surface area contributed by atoms with Crippen molar-refractivity contribution in [3.05, 3.63) is 64.4 Å². The SMILES string of the molecule is O=c1c2ccccc2oc2c1cnc1cc(C(F)(F)F)ccc12. The number of pyridine rings is 1. The molecule has 0 N–H and O–H groups in total. The zero-order valence-electron chi connectivity index (χ0n) is 11.5. The van der Waals surface area contributed by atoms with Gasteiger partial charge in [-0.15, -0.1) is 0 Å². The summed E-state index contributed by atoms with van der Waals surface area (Å²) in [5.41, 5.74) is -0.285. The van der Waals surface area contributed by atoms with Gasteiger partial charge in [-0.25, -0.2) is 0 Å². The highest BCUT2D eigenvalue weighted by Crippen LogP contribution is 2.33. The lowest BCUT2D eigenvalue weighted by molar-refractivity contribution is -0.137. The number of nitrogens with zero attached hydrogens (tertiary/aromatic N) is 1. The van der Waals surface area contributed by atoms with Crippen LogP contribution < -0.4 is 5.43 Å². The molecule has 0 aliphatic heterocycles. The Morgan fingerprint density at radius 2 is 1.74 bits per heavy atom. The molecule has 6 heteroatoms. The average molecular weight is 315 g/mol. The zero-order valence-corrected chi connectivity index (χ0v) is 11.5. The molecule has 4 aromatic rings. The van der Waals surface area contributed by atoms with Crippen LogP contribution >= 0.6 is 0 Å². The monoisotopic (exact) mass is 315 g/mol. The van der Waals surface area contributed by atoms with E-state index in [0.29, 0.717) is 16.4 Å². The Bertz CT molecular complexity index is 1130. The summed E-state index contributed by atoms with van der Waals surface area (Å²) >= 11 is 0. The molecule has 0 fully saturated rings. The fourth-order valence-electron chi connectivity index (χ4n) is 2.61. The first-order valence-electron chi connectivity index (χ1n) is 6.77. The van der Waals surface area contributed by atoms with Crippen molar-refractivity contribution in [3.63, 3.8) is 0 Å². The lowest BCUT2D eigenvalue weighted by atomic mass is 10.1. The van der Waals surface area contributed by atoms with Gasteiger partial charge in [0.25, 0.3) is 0 Å². The van der Waals surface area contributed by atoms with E-state index < -0.39 is 11.7 Å². The molecule has 0 radical (unpaired) electrons. The number of hydrogen-bond acceptors (Lipinski definition) is 3. The highest BCUT2D eigenvalue weighted by Gasteiger charge is 2.30. The molecule has 2 aromatic carbocycles. The molecule has 2 heterocycles. The van der Waals surface area contributed by atoms with Crippen molar-refractivity contribution in [1.29, 1.82) is 0 Å². The molecule has 0 amide bonds. The molecule has 0 saturated heterocycles. The molecule has 0 spiro atoms. The lowest BCUT2D eigenvalue weighted by Crippen LogP contribution is -2.06. The average Bonchev–Trinajstić information content (AvgIpc) is 2.53. The largest absolute Gasteiger partial charge is 0.455 e. The Hall–Kier alpha value is -2.89. The summed E-state index contributed by atoms with van der Waals surface area (Å²) in [6, 6.07) is 9.91. The smallest absolute Gasteiger partial charge is 0.416 e. The van der Waals surface area contributed by atoms with Gasteiger partial charge >= 0.3 is 6.18 Å². The first-order chi connectivity index (χ1) is 10.9. The fraction of sp³-hybridized carbons (Fsp3) is 0.0588. The Morgan fingerprint density at radius 3 is 2.52 bits per heavy atom. The molecule has 0 bridgehead atoms. The van der Waals surface area contributed by atoms with Gasteiger partial charge in [0.1, 0.15) is 11.2 Å². The lowest BCUT2D eigenvalue weighted by Gasteiger charge is -2.08. The second-order valence-electron chi connectivity index (χ2n) is 5.16. The normalized spacial score (nSPS) is 12.3. The third kappa shape index (κ3) is 2.06. The summed E-state index contributed by atoms with van der Waals surface area (Å²) in [5, 5.41) is 1.03. The molecule has 0 aliphatic rings. The molecule has 0 aliphatic carbocycles. The van der Waals surface area contributed by atoms with E-state index in [-0.39, 0.29) is 21.9 Å². The number of hydrogen-bond donors (Lipinski definition) is 0. The van der Waals surface area contributed by atoms with Crippen molar-refractivity contribution in [2.45, 2.75) is 6.18 Å². The quantitative estimate of drug-likeness (QED) is 0.354. The Labute approximate surface area is 127 Å². The van der Waals surface area contributed by atoms with Crippen LogP contribution in [0.25, 0.3) is 32.8 Å². The number of benzene rings is 2. The van der Waals surface area contributed by atoms with Gasteiger partial charge in [0, 0.05) is 11.6 Å². The summed E-state index contributed by atoms with van der Waals surface area (Å²) in [5.74, 6) is 0. The highest BCUT2D eigenvalue weighted by atomic mass is 19.4. The first kappa shape index (κ1) is 13.8. The predicted octanol–water partition coefficient (Wildman–Crippen LogP) is 4.51. The van der Waals surface area contributed by atoms with Crippen LogP contribution in [0.5, 0.6) is 0 Å². The maximum Gasteiger partial charge on any atom is 0.416 e. The number of fused-ring (bicyclic) bond motifs is 4. The van der Waals surface area contributed by atoms with Crippen LogP contribution in [0.4, 0.5) is 13.2 Å². The summed E-state index contributed by atoms with van der Waals surface area (Å²) in [4.78, 5) is 16.5. The van der Waals surface area contributed by atoms with Crippen LogP contribution in [-0.4, -0.2) is 4.98 Å². The summed E-state index contributed by atoms with van der Waals surface area (Å²) in [6.45, 7) is 0. The number of alkyl halides is 3. The van der Waals surface area contributed by atoms with Crippen molar-refractivity contribution in [2.24, 2.45) is 0 Å². The second-order valence-corrected chi connectivity index (χ2v) is 5.16. The zero-order chi connectivity index (χ0) is 16.2. The third-order valence-corrected chi connectivity index (χ3v) is 3.74. The number of aromatic nitrogens is 1. The van der Waals surface area contributed by atoms with Crippen LogP contribution in [0.1, 0.15) is 5.56 Å². The van der Waals surface area contributed by atoms with E-state index >= 15 is 0 Å². The van der Waals surface area contributed by atoms with Gasteiger partial charge in [-0.05, 0) is 30.3 Å². The molecule has 4 rings (SSSR count). The van der Waals surface area contributed by atoms with E-state index in [9.17, 15) is 18.0 Å². The molecule has 23 heavy (non-hydrogen) atoms. The molecular formula is C17H8F3NO2. The van der Waals surface area contributed by atoms with Gasteiger partial charge in [-0.2, -0.15) is 13.2 Å². The van der Waals surface area contributed by atoms with E-state index in [2.05, 4.69) is 4.98 Å². The number of halogens is 3. The fourth-order valence-corrected chi connectivity index (χ4v) is 2.61. The van der Waals surface area contributed by atoms with E-state index in [4.69, 9.17) is 4.42 Å². The molecule has 3 nitrogen and oxygen atoms in total. The molecule has 0 unspecified atom stereocenters.